The first-order chi connectivity index (χ1) is 6.34. The molecule has 86 valence electrons. The van der Waals surface area contributed by atoms with Crippen molar-refractivity contribution in [3.8, 4) is 0 Å². The molecular formula is C7H13Na3O7. The molecule has 0 aromatic rings. The molecule has 17 heavy (non-hydrogen) atoms. The number of carboxylic acids is 2. The molecule has 10 heteroatoms. The molecule has 0 amide bonds. The number of aliphatic hydroxyl groups is 1. The Morgan fingerprint density at radius 3 is 1.76 bits per heavy atom. The van der Waals surface area contributed by atoms with E-state index in [4.69, 9.17) is 15.3 Å². The molecule has 0 aromatic carbocycles. The Bertz CT molecular complexity index is 256. The van der Waals surface area contributed by atoms with Crippen molar-refractivity contribution in [3.63, 3.8) is 0 Å². The first-order valence-corrected chi connectivity index (χ1v) is 3.67. The van der Waals surface area contributed by atoms with Gasteiger partial charge in [-0.25, -0.2) is 9.59 Å². The van der Waals surface area contributed by atoms with E-state index in [-0.39, 0.29) is 88.7 Å². The maximum absolute atomic E-state index is 10.7. The standard InChI is InChI=1S/C7H10O7.3Na.3H/c1-3(8)7(13)14-4(6(11)12)2-5(9)10;;;;;;/h3-4,8H,2H2,1H3,(H,9,10)(H,11,12);;;;;;. The second-order valence-corrected chi connectivity index (χ2v) is 2.54. The van der Waals surface area contributed by atoms with E-state index in [1.807, 2.05) is 0 Å². The van der Waals surface area contributed by atoms with Crippen LogP contribution in [-0.4, -0.2) is 134 Å². The zero-order valence-electron chi connectivity index (χ0n) is 7.34. The number of hydrogen-bond donors (Lipinski definition) is 3. The van der Waals surface area contributed by atoms with E-state index < -0.39 is 36.5 Å². The summed E-state index contributed by atoms with van der Waals surface area (Å²) < 4.78 is 4.21. The summed E-state index contributed by atoms with van der Waals surface area (Å²) in [7, 11) is 0. The van der Waals surface area contributed by atoms with Gasteiger partial charge in [-0.05, 0) is 6.92 Å². The van der Waals surface area contributed by atoms with Gasteiger partial charge >= 0.3 is 107 Å². The summed E-state index contributed by atoms with van der Waals surface area (Å²) in [5.41, 5.74) is 0. The van der Waals surface area contributed by atoms with Crippen molar-refractivity contribution >= 4 is 107 Å². The average molecular weight is 278 g/mol. The number of hydrogen-bond acceptors (Lipinski definition) is 5. The van der Waals surface area contributed by atoms with Crippen LogP contribution >= 0.6 is 0 Å². The molecule has 7 nitrogen and oxygen atoms in total. The van der Waals surface area contributed by atoms with E-state index >= 15 is 0 Å². The molecule has 0 aliphatic rings. The van der Waals surface area contributed by atoms with Gasteiger partial charge in [0.2, 0.25) is 6.10 Å². The summed E-state index contributed by atoms with van der Waals surface area (Å²) >= 11 is 0. The third kappa shape index (κ3) is 13.6. The molecule has 2 unspecified atom stereocenters. The summed E-state index contributed by atoms with van der Waals surface area (Å²) in [4.78, 5) is 31.2. The summed E-state index contributed by atoms with van der Waals surface area (Å²) in [5.74, 6) is -4.14. The van der Waals surface area contributed by atoms with Crippen molar-refractivity contribution < 1.29 is 34.4 Å². The molecule has 0 saturated heterocycles. The zero-order valence-corrected chi connectivity index (χ0v) is 7.34. The van der Waals surface area contributed by atoms with Crippen LogP contribution in [0.4, 0.5) is 0 Å². The average Bonchev–Trinajstić information content (AvgIpc) is 2.01. The van der Waals surface area contributed by atoms with Gasteiger partial charge in [0.1, 0.15) is 6.10 Å². The minimum absolute atomic E-state index is 0. The van der Waals surface area contributed by atoms with Crippen molar-refractivity contribution in [1.82, 2.24) is 0 Å². The van der Waals surface area contributed by atoms with Crippen molar-refractivity contribution in [2.45, 2.75) is 25.6 Å². The molecule has 0 spiro atoms. The minimum atomic E-state index is -1.77. The first kappa shape index (κ1) is 26.8. The fourth-order valence-electron chi connectivity index (χ4n) is 0.577. The second kappa shape index (κ2) is 13.8. The van der Waals surface area contributed by atoms with Crippen molar-refractivity contribution in [3.05, 3.63) is 0 Å². The zero-order chi connectivity index (χ0) is 11.3. The van der Waals surface area contributed by atoms with Gasteiger partial charge in [0.05, 0.1) is 6.42 Å². The van der Waals surface area contributed by atoms with Gasteiger partial charge in [-0.1, -0.05) is 0 Å². The first-order valence-electron chi connectivity index (χ1n) is 3.67. The summed E-state index contributed by atoms with van der Waals surface area (Å²) in [6.45, 7) is 1.09. The fourth-order valence-corrected chi connectivity index (χ4v) is 0.577. The number of aliphatic hydroxyl groups excluding tert-OH is 1. The predicted octanol–water partition coefficient (Wildman–Crippen LogP) is -3.11. The summed E-state index contributed by atoms with van der Waals surface area (Å²) in [6, 6.07) is 0. The molecule has 0 aliphatic heterocycles. The van der Waals surface area contributed by atoms with Crippen LogP contribution in [0.25, 0.3) is 0 Å². The van der Waals surface area contributed by atoms with E-state index in [1.165, 1.54) is 0 Å². The number of aliphatic carboxylic acids is 2. The summed E-state index contributed by atoms with van der Waals surface area (Å²) in [5, 5.41) is 25.4. The number of ether oxygens (including phenoxy) is 1. The Hall–Kier alpha value is 1.37. The SMILES string of the molecule is CC(O)C(=O)OC(CC(=O)O)C(=O)O.[NaH].[NaH].[NaH]. The fraction of sp³-hybridized carbons (Fsp3) is 0.571. The molecule has 0 bridgehead atoms. The van der Waals surface area contributed by atoms with E-state index in [2.05, 4.69) is 4.74 Å². The van der Waals surface area contributed by atoms with Crippen LogP contribution in [0.1, 0.15) is 13.3 Å². The van der Waals surface area contributed by atoms with E-state index in [1.54, 1.807) is 0 Å². The molecule has 0 fully saturated rings. The molecule has 2 atom stereocenters. The normalized spacial score (nSPS) is 11.6. The van der Waals surface area contributed by atoms with Crippen LogP contribution in [-0.2, 0) is 19.1 Å². The van der Waals surface area contributed by atoms with Gasteiger partial charge in [0.15, 0.2) is 0 Å². The Kier molecular flexibility index (Phi) is 21.8. The van der Waals surface area contributed by atoms with Crippen LogP contribution in [0.15, 0.2) is 0 Å². The quantitative estimate of drug-likeness (QED) is 0.359. The molecule has 0 heterocycles. The van der Waals surface area contributed by atoms with Crippen LogP contribution in [0.3, 0.4) is 0 Å². The van der Waals surface area contributed by atoms with E-state index in [0.29, 0.717) is 0 Å². The van der Waals surface area contributed by atoms with E-state index in [0.717, 1.165) is 6.92 Å². The molecule has 0 aromatic heterocycles. The van der Waals surface area contributed by atoms with Crippen molar-refractivity contribution in [2.75, 3.05) is 0 Å². The number of carbonyl (C=O) groups is 3. The Morgan fingerprint density at radius 2 is 1.53 bits per heavy atom. The molecule has 0 aliphatic carbocycles. The molecular weight excluding hydrogens is 265 g/mol. The summed E-state index contributed by atoms with van der Waals surface area (Å²) in [6.07, 6.45) is -4.09. The number of rotatable bonds is 5. The number of carbonyl (C=O) groups excluding carboxylic acids is 1. The monoisotopic (exact) mass is 278 g/mol. The molecule has 0 radical (unpaired) electrons. The van der Waals surface area contributed by atoms with E-state index in [9.17, 15) is 14.4 Å². The maximum atomic E-state index is 10.7. The van der Waals surface area contributed by atoms with Gasteiger partial charge in [0.25, 0.3) is 0 Å². The molecule has 0 rings (SSSR count). The Balaban J connectivity index is -0.000000282. The third-order valence-corrected chi connectivity index (χ3v) is 1.23. The number of carboxylic acid groups (broad SMARTS) is 2. The molecule has 0 saturated carbocycles. The van der Waals surface area contributed by atoms with Crippen molar-refractivity contribution in [1.29, 1.82) is 0 Å². The van der Waals surface area contributed by atoms with Gasteiger partial charge in [0, 0.05) is 0 Å². The van der Waals surface area contributed by atoms with Crippen LogP contribution < -0.4 is 0 Å². The van der Waals surface area contributed by atoms with Gasteiger partial charge < -0.3 is 20.1 Å². The van der Waals surface area contributed by atoms with Crippen LogP contribution in [0, 0.1) is 0 Å². The predicted molar refractivity (Wildman–Crippen MR) is 62.9 cm³/mol. The van der Waals surface area contributed by atoms with Crippen LogP contribution in [0.5, 0.6) is 0 Å². The van der Waals surface area contributed by atoms with Gasteiger partial charge in [-0.3, -0.25) is 4.79 Å². The third-order valence-electron chi connectivity index (χ3n) is 1.23. The van der Waals surface area contributed by atoms with Crippen LogP contribution in [0.2, 0.25) is 0 Å². The Morgan fingerprint density at radius 1 is 1.12 bits per heavy atom. The van der Waals surface area contributed by atoms with Gasteiger partial charge in [-0.15, -0.1) is 0 Å². The topological polar surface area (TPSA) is 121 Å². The molecule has 3 N–H and O–H groups in total. The van der Waals surface area contributed by atoms with Gasteiger partial charge in [-0.2, -0.15) is 0 Å². The number of esters is 1. The van der Waals surface area contributed by atoms with Crippen molar-refractivity contribution in [2.24, 2.45) is 0 Å². The second-order valence-electron chi connectivity index (χ2n) is 2.54. The Labute approximate surface area is 164 Å².